The Kier molecular flexibility index (Phi) is 3.88. The van der Waals surface area contributed by atoms with Gasteiger partial charge in [0.1, 0.15) is 24.8 Å². The lowest BCUT2D eigenvalue weighted by atomic mass is 10.1. The van der Waals surface area contributed by atoms with E-state index in [1.807, 2.05) is 0 Å². The summed E-state index contributed by atoms with van der Waals surface area (Å²) in [7, 11) is 0. The SMILES string of the molecule is N#CC(C#N)=NNc1cc(-n2cnnc2)ccc1C(=O)O. The van der Waals surface area contributed by atoms with E-state index in [0.717, 1.165) is 0 Å². The van der Waals surface area contributed by atoms with Gasteiger partial charge in [-0.3, -0.25) is 9.99 Å². The minimum Gasteiger partial charge on any atom is -0.478 e. The van der Waals surface area contributed by atoms with Gasteiger partial charge in [0.2, 0.25) is 5.71 Å². The smallest absolute Gasteiger partial charge is 0.337 e. The molecule has 21 heavy (non-hydrogen) atoms. The van der Waals surface area contributed by atoms with Gasteiger partial charge in [0.25, 0.3) is 0 Å². The number of aromatic nitrogens is 3. The summed E-state index contributed by atoms with van der Waals surface area (Å²) in [6, 6.07) is 7.56. The second-order valence-electron chi connectivity index (χ2n) is 3.70. The number of carboxylic acids is 1. The fraction of sp³-hybridized carbons (Fsp3) is 0. The molecule has 2 aromatic rings. The van der Waals surface area contributed by atoms with Crippen LogP contribution in [0.2, 0.25) is 0 Å². The molecule has 0 aliphatic carbocycles. The van der Waals surface area contributed by atoms with Crippen molar-refractivity contribution in [2.75, 3.05) is 5.43 Å². The lowest BCUT2D eigenvalue weighted by Gasteiger charge is -2.08. The highest BCUT2D eigenvalue weighted by atomic mass is 16.4. The average molecular weight is 281 g/mol. The van der Waals surface area contributed by atoms with E-state index in [2.05, 4.69) is 20.7 Å². The Hall–Kier alpha value is -3.72. The number of hydrogen-bond donors (Lipinski definition) is 2. The Morgan fingerprint density at radius 3 is 2.52 bits per heavy atom. The number of nitriles is 2. The first-order valence-electron chi connectivity index (χ1n) is 5.52. The molecule has 102 valence electrons. The standard InChI is InChI=1S/C12H7N7O2/c13-4-8(5-14)17-18-11-3-9(19-6-15-16-7-19)1-2-10(11)12(20)21/h1-3,6-7,18H,(H,20,21). The van der Waals surface area contributed by atoms with Crippen LogP contribution in [0.25, 0.3) is 5.69 Å². The van der Waals surface area contributed by atoms with E-state index in [1.165, 1.54) is 24.8 Å². The molecule has 1 aromatic carbocycles. The number of nitrogens with zero attached hydrogens (tertiary/aromatic N) is 6. The molecule has 0 saturated carbocycles. The van der Waals surface area contributed by atoms with Gasteiger partial charge in [0.15, 0.2) is 0 Å². The Bertz CT molecular complexity index is 765. The largest absolute Gasteiger partial charge is 0.478 e. The zero-order valence-electron chi connectivity index (χ0n) is 10.4. The molecule has 1 aromatic heterocycles. The van der Waals surface area contributed by atoms with Crippen molar-refractivity contribution >= 4 is 17.4 Å². The zero-order chi connectivity index (χ0) is 15.2. The fourth-order valence-corrected chi connectivity index (χ4v) is 1.50. The van der Waals surface area contributed by atoms with Gasteiger partial charge in [-0.1, -0.05) is 0 Å². The highest BCUT2D eigenvalue weighted by Crippen LogP contribution is 2.20. The van der Waals surface area contributed by atoms with Crippen molar-refractivity contribution in [3.63, 3.8) is 0 Å². The van der Waals surface area contributed by atoms with E-state index in [0.29, 0.717) is 5.69 Å². The van der Waals surface area contributed by atoms with Gasteiger partial charge in [-0.2, -0.15) is 15.6 Å². The number of carboxylic acid groups (broad SMARTS) is 1. The summed E-state index contributed by atoms with van der Waals surface area (Å²) in [5.41, 5.74) is 2.67. The van der Waals surface area contributed by atoms with E-state index < -0.39 is 11.7 Å². The number of hydrogen-bond acceptors (Lipinski definition) is 7. The van der Waals surface area contributed by atoms with E-state index in [9.17, 15) is 4.79 Å². The maximum absolute atomic E-state index is 11.2. The molecule has 0 radical (unpaired) electrons. The van der Waals surface area contributed by atoms with Crippen molar-refractivity contribution in [3.8, 4) is 17.8 Å². The van der Waals surface area contributed by atoms with Gasteiger partial charge < -0.3 is 5.11 Å². The molecule has 0 bridgehead atoms. The average Bonchev–Trinajstić information content (AvgIpc) is 3.02. The molecule has 0 spiro atoms. The van der Waals surface area contributed by atoms with E-state index >= 15 is 0 Å². The number of nitrogens with one attached hydrogen (secondary N) is 1. The van der Waals surface area contributed by atoms with Crippen LogP contribution in [0.4, 0.5) is 5.69 Å². The molecule has 9 nitrogen and oxygen atoms in total. The van der Waals surface area contributed by atoms with E-state index in [1.54, 1.807) is 22.8 Å². The molecule has 0 atom stereocenters. The fourth-order valence-electron chi connectivity index (χ4n) is 1.50. The highest BCUT2D eigenvalue weighted by Gasteiger charge is 2.11. The Morgan fingerprint density at radius 2 is 1.95 bits per heavy atom. The number of carbonyl (C=O) groups is 1. The second-order valence-corrected chi connectivity index (χ2v) is 3.70. The van der Waals surface area contributed by atoms with Gasteiger partial charge in [0.05, 0.1) is 16.9 Å². The summed E-state index contributed by atoms with van der Waals surface area (Å²) in [5, 5.41) is 37.2. The molecule has 0 aliphatic rings. The van der Waals surface area contributed by atoms with Crippen molar-refractivity contribution in [3.05, 3.63) is 36.4 Å². The Morgan fingerprint density at radius 1 is 1.29 bits per heavy atom. The number of hydrazone groups is 1. The quantitative estimate of drug-likeness (QED) is 0.623. The molecule has 2 N–H and O–H groups in total. The lowest BCUT2D eigenvalue weighted by Crippen LogP contribution is -2.05. The summed E-state index contributed by atoms with van der Waals surface area (Å²) in [4.78, 5) is 11.2. The van der Waals surface area contributed by atoms with Crippen molar-refractivity contribution in [1.29, 1.82) is 10.5 Å². The van der Waals surface area contributed by atoms with Crippen LogP contribution >= 0.6 is 0 Å². The summed E-state index contributed by atoms with van der Waals surface area (Å²) in [5.74, 6) is -1.17. The number of aromatic carboxylic acids is 1. The van der Waals surface area contributed by atoms with Crippen LogP contribution in [-0.4, -0.2) is 31.6 Å². The minimum absolute atomic E-state index is 0.0502. The summed E-state index contributed by atoms with van der Waals surface area (Å²) >= 11 is 0. The molecule has 9 heteroatoms. The number of benzene rings is 1. The molecule has 0 aliphatic heterocycles. The molecule has 2 rings (SSSR count). The third-order valence-corrected chi connectivity index (χ3v) is 2.45. The van der Waals surface area contributed by atoms with Gasteiger partial charge >= 0.3 is 5.97 Å². The predicted octanol–water partition coefficient (Wildman–Crippen LogP) is 0.781. The highest BCUT2D eigenvalue weighted by molar-refractivity contribution is 6.10. The van der Waals surface area contributed by atoms with Crippen molar-refractivity contribution in [2.45, 2.75) is 0 Å². The molecule has 0 fully saturated rings. The van der Waals surface area contributed by atoms with Gasteiger partial charge in [-0.15, -0.1) is 10.2 Å². The van der Waals surface area contributed by atoms with Crippen LogP contribution in [0.5, 0.6) is 0 Å². The normalized spacial score (nSPS) is 9.24. The van der Waals surface area contributed by atoms with Gasteiger partial charge in [-0.05, 0) is 18.2 Å². The maximum Gasteiger partial charge on any atom is 0.337 e. The van der Waals surface area contributed by atoms with Crippen molar-refractivity contribution < 1.29 is 9.90 Å². The van der Waals surface area contributed by atoms with Crippen LogP contribution in [0, 0.1) is 22.7 Å². The van der Waals surface area contributed by atoms with Crippen LogP contribution < -0.4 is 5.43 Å². The molecular weight excluding hydrogens is 274 g/mol. The van der Waals surface area contributed by atoms with Gasteiger partial charge in [-0.25, -0.2) is 4.79 Å². The summed E-state index contributed by atoms with van der Waals surface area (Å²) in [6.45, 7) is 0. The monoisotopic (exact) mass is 281 g/mol. The van der Waals surface area contributed by atoms with Crippen molar-refractivity contribution in [2.24, 2.45) is 5.10 Å². The molecule has 1 heterocycles. The lowest BCUT2D eigenvalue weighted by molar-refractivity contribution is 0.0698. The second kappa shape index (κ2) is 5.95. The topological polar surface area (TPSA) is 140 Å². The zero-order valence-corrected chi connectivity index (χ0v) is 10.4. The molecule has 0 saturated heterocycles. The van der Waals surface area contributed by atoms with Crippen LogP contribution in [0.1, 0.15) is 10.4 Å². The first-order valence-corrected chi connectivity index (χ1v) is 5.52. The maximum atomic E-state index is 11.2. The third-order valence-electron chi connectivity index (χ3n) is 2.45. The van der Waals surface area contributed by atoms with Crippen LogP contribution in [-0.2, 0) is 0 Å². The van der Waals surface area contributed by atoms with E-state index in [-0.39, 0.29) is 11.3 Å². The van der Waals surface area contributed by atoms with E-state index in [4.69, 9.17) is 15.6 Å². The molecular formula is C12H7N7O2. The minimum atomic E-state index is -1.17. The first-order chi connectivity index (χ1) is 10.2. The predicted molar refractivity (Wildman–Crippen MR) is 70.6 cm³/mol. The van der Waals surface area contributed by atoms with Crippen LogP contribution in [0.15, 0.2) is 36.0 Å². The van der Waals surface area contributed by atoms with Crippen LogP contribution in [0.3, 0.4) is 0 Å². The molecule has 0 amide bonds. The molecule has 0 unspecified atom stereocenters. The Labute approximate surface area is 118 Å². The summed E-state index contributed by atoms with van der Waals surface area (Å²) in [6.07, 6.45) is 2.89. The number of rotatable bonds is 4. The Balaban J connectivity index is 2.44. The number of anilines is 1. The summed E-state index contributed by atoms with van der Waals surface area (Å²) < 4.78 is 1.57. The third kappa shape index (κ3) is 3.00. The first kappa shape index (κ1) is 13.7. The van der Waals surface area contributed by atoms with Gasteiger partial charge in [0, 0.05) is 0 Å². The van der Waals surface area contributed by atoms with Crippen molar-refractivity contribution in [1.82, 2.24) is 14.8 Å².